The van der Waals surface area contributed by atoms with Gasteiger partial charge in [-0.15, -0.1) is 0 Å². The van der Waals surface area contributed by atoms with Crippen LogP contribution in [0.3, 0.4) is 0 Å². The summed E-state index contributed by atoms with van der Waals surface area (Å²) >= 11 is 0. The summed E-state index contributed by atoms with van der Waals surface area (Å²) < 4.78 is 54.1. The molecular weight excluding hydrogens is 829 g/mol. The number of nitrogens with zero attached hydrogens (tertiary/aromatic N) is 1. The smallest absolute Gasteiger partial charge is 0.325 e. The van der Waals surface area contributed by atoms with Crippen molar-refractivity contribution < 1.29 is 81.3 Å². The number of carbonyl (C=O) groups excluding carboxylic acids is 5. The summed E-state index contributed by atoms with van der Waals surface area (Å²) in [5, 5.41) is 19.4. The summed E-state index contributed by atoms with van der Waals surface area (Å²) in [4.78, 5) is 83.5. The number of aliphatic hydroxyl groups excluding tert-OH is 1. The van der Waals surface area contributed by atoms with E-state index in [9.17, 15) is 33.6 Å². The van der Waals surface area contributed by atoms with E-state index in [-0.39, 0.29) is 51.0 Å². The Bertz CT molecular complexity index is 1230. The molecule has 0 rings (SSSR count). The van der Waals surface area contributed by atoms with Gasteiger partial charge in [0.15, 0.2) is 0 Å². The van der Waals surface area contributed by atoms with Crippen LogP contribution in [-0.2, 0) is 66.4 Å². The Kier molecular flexibility index (Phi) is 35.9. The highest BCUT2D eigenvalue weighted by molar-refractivity contribution is 7.51. The minimum absolute atomic E-state index is 0.0289. The van der Waals surface area contributed by atoms with Crippen LogP contribution in [0.5, 0.6) is 0 Å². The van der Waals surface area contributed by atoms with E-state index in [1.807, 2.05) is 20.8 Å². The maximum Gasteiger partial charge on any atom is 0.325 e. The van der Waals surface area contributed by atoms with Gasteiger partial charge < -0.3 is 79.0 Å². The summed E-state index contributed by atoms with van der Waals surface area (Å²) in [5.74, 6) is -3.70. The zero-order valence-corrected chi connectivity index (χ0v) is 37.6. The predicted molar refractivity (Wildman–Crippen MR) is 222 cm³/mol. The number of aliphatic hydroxyl groups is 1. The Hall–Kier alpha value is -2.86. The molecule has 0 bridgehead atoms. The minimum Gasteiger partial charge on any atom is -0.394 e. The molecule has 0 radical (unpaired) electrons. The predicted octanol–water partition coefficient (Wildman–Crippen LogP) is -1.57. The SMILES string of the molecule is CCCN(CC(=O)NC(CC(C)C)C(=O)NCC(=O)NC(CO)C(=O)NCC(C)CP(=O)(O)O)C(=O)CCOCCOCCOCCOCCOCCOCCOCCOC. The number of hydrogen-bond acceptors (Lipinski definition) is 15. The van der Waals surface area contributed by atoms with E-state index in [0.717, 1.165) is 0 Å². The average molecular weight is 904 g/mol. The van der Waals surface area contributed by atoms with Crippen molar-refractivity contribution in [2.45, 2.75) is 59.0 Å². The molecule has 0 fully saturated rings. The molecule has 358 valence electrons. The first-order valence-corrected chi connectivity index (χ1v) is 22.5. The van der Waals surface area contributed by atoms with Crippen molar-refractivity contribution in [3.05, 3.63) is 0 Å². The topological polar surface area (TPSA) is 288 Å². The molecule has 22 nitrogen and oxygen atoms in total. The number of ether oxygens (including phenoxy) is 8. The van der Waals surface area contributed by atoms with Crippen LogP contribution < -0.4 is 21.3 Å². The molecule has 3 unspecified atom stereocenters. The molecule has 0 aliphatic rings. The van der Waals surface area contributed by atoms with Gasteiger partial charge in [0.25, 0.3) is 0 Å². The highest BCUT2D eigenvalue weighted by atomic mass is 31.2. The quantitative estimate of drug-likeness (QED) is 0.0270. The molecule has 0 aliphatic heterocycles. The lowest BCUT2D eigenvalue weighted by molar-refractivity contribution is -0.138. The molecule has 61 heavy (non-hydrogen) atoms. The van der Waals surface area contributed by atoms with E-state index in [0.29, 0.717) is 98.9 Å². The lowest BCUT2D eigenvalue weighted by atomic mass is 10.0. The highest BCUT2D eigenvalue weighted by Gasteiger charge is 2.26. The number of nitrogens with one attached hydrogen (secondary N) is 4. The summed E-state index contributed by atoms with van der Waals surface area (Å²) in [6.45, 7) is 11.9. The van der Waals surface area contributed by atoms with Gasteiger partial charge in [-0.2, -0.15) is 0 Å². The van der Waals surface area contributed by atoms with Gasteiger partial charge in [0.05, 0.1) is 131 Å². The van der Waals surface area contributed by atoms with Gasteiger partial charge in [0.1, 0.15) is 12.1 Å². The maximum absolute atomic E-state index is 13.0. The zero-order valence-electron chi connectivity index (χ0n) is 36.7. The zero-order chi connectivity index (χ0) is 45.7. The first-order chi connectivity index (χ1) is 29.1. The number of amides is 5. The van der Waals surface area contributed by atoms with Crippen LogP contribution in [0.4, 0.5) is 0 Å². The number of carbonyl (C=O) groups is 5. The fourth-order valence-corrected chi connectivity index (χ4v) is 6.10. The first-order valence-electron chi connectivity index (χ1n) is 20.7. The van der Waals surface area contributed by atoms with Crippen LogP contribution in [0, 0.1) is 11.8 Å². The molecule has 0 saturated heterocycles. The summed E-state index contributed by atoms with van der Waals surface area (Å²) in [5.41, 5.74) is 0. The largest absolute Gasteiger partial charge is 0.394 e. The van der Waals surface area contributed by atoms with E-state index in [1.165, 1.54) is 11.8 Å². The van der Waals surface area contributed by atoms with Gasteiger partial charge in [-0.25, -0.2) is 0 Å². The Labute approximate surface area is 360 Å². The van der Waals surface area contributed by atoms with Crippen molar-refractivity contribution in [2.24, 2.45) is 11.8 Å². The molecule has 0 saturated carbocycles. The maximum atomic E-state index is 13.0. The minimum atomic E-state index is -4.29. The second kappa shape index (κ2) is 37.7. The van der Waals surface area contributed by atoms with Gasteiger partial charge >= 0.3 is 7.60 Å². The van der Waals surface area contributed by atoms with Crippen molar-refractivity contribution in [3.63, 3.8) is 0 Å². The van der Waals surface area contributed by atoms with Crippen molar-refractivity contribution >= 4 is 37.1 Å². The van der Waals surface area contributed by atoms with Crippen molar-refractivity contribution in [1.29, 1.82) is 0 Å². The molecule has 0 spiro atoms. The van der Waals surface area contributed by atoms with Gasteiger partial charge in [0, 0.05) is 20.2 Å². The molecule has 0 aromatic carbocycles. The van der Waals surface area contributed by atoms with Crippen LogP contribution in [0.15, 0.2) is 0 Å². The Morgan fingerprint density at radius 2 is 1.08 bits per heavy atom. The summed E-state index contributed by atoms with van der Waals surface area (Å²) in [6, 6.07) is -2.40. The number of hydrogen-bond donors (Lipinski definition) is 7. The average Bonchev–Trinajstić information content (AvgIpc) is 3.19. The molecule has 0 aromatic rings. The molecular formula is C38H74N5O17P. The Balaban J connectivity index is 4.34. The number of rotatable bonds is 41. The van der Waals surface area contributed by atoms with Crippen LogP contribution in [0.2, 0.25) is 0 Å². The lowest BCUT2D eigenvalue weighted by Gasteiger charge is -2.25. The van der Waals surface area contributed by atoms with E-state index >= 15 is 0 Å². The summed E-state index contributed by atoms with van der Waals surface area (Å²) in [7, 11) is -2.66. The van der Waals surface area contributed by atoms with Crippen molar-refractivity contribution in [3.8, 4) is 0 Å². The van der Waals surface area contributed by atoms with E-state index in [1.54, 1.807) is 7.11 Å². The third-order valence-corrected chi connectivity index (χ3v) is 9.19. The molecule has 3 atom stereocenters. The van der Waals surface area contributed by atoms with E-state index in [4.69, 9.17) is 47.7 Å². The van der Waals surface area contributed by atoms with Crippen molar-refractivity contribution in [2.75, 3.05) is 145 Å². The normalized spacial score (nSPS) is 13.1. The standard InChI is InChI=1S/C38H74N5O17P/c1-6-8-43(36(47)7-9-54-12-13-56-16-17-58-20-21-60-23-22-59-19-18-57-15-14-55-11-10-53-5)27-35(46)41-32(24-30(2)3)37(48)40-26-34(45)42-33(28-44)38(49)39-25-31(4)29-61(50,51)52/h30-33,44H,6-29H2,1-5H3,(H,39,49)(H,40,48)(H,41,46)(H,42,45)(H2,50,51,52). The van der Waals surface area contributed by atoms with Crippen LogP contribution in [0.1, 0.15) is 47.0 Å². The monoisotopic (exact) mass is 903 g/mol. The Morgan fingerprint density at radius 3 is 1.51 bits per heavy atom. The third kappa shape index (κ3) is 35.3. The second-order valence-electron chi connectivity index (χ2n) is 14.3. The fraction of sp³-hybridized carbons (Fsp3) is 0.868. The number of methoxy groups -OCH3 is 1. The molecule has 5 amide bonds. The molecule has 0 aliphatic carbocycles. The fourth-order valence-electron chi connectivity index (χ4n) is 5.16. The van der Waals surface area contributed by atoms with Gasteiger partial charge in [0.2, 0.25) is 29.5 Å². The summed E-state index contributed by atoms with van der Waals surface area (Å²) in [6.07, 6.45) is 0.395. The molecule has 0 aromatic heterocycles. The van der Waals surface area contributed by atoms with Crippen LogP contribution >= 0.6 is 7.60 Å². The van der Waals surface area contributed by atoms with E-state index < -0.39 is 68.5 Å². The lowest BCUT2D eigenvalue weighted by Crippen LogP contribution is -2.54. The second-order valence-corrected chi connectivity index (χ2v) is 16.0. The van der Waals surface area contributed by atoms with Gasteiger partial charge in [-0.1, -0.05) is 27.7 Å². The first kappa shape index (κ1) is 58.1. The molecule has 0 heterocycles. The van der Waals surface area contributed by atoms with Crippen LogP contribution in [0.25, 0.3) is 0 Å². The van der Waals surface area contributed by atoms with E-state index in [2.05, 4.69) is 21.3 Å². The molecule has 23 heteroatoms. The van der Waals surface area contributed by atoms with Gasteiger partial charge in [-0.3, -0.25) is 28.5 Å². The highest BCUT2D eigenvalue weighted by Crippen LogP contribution is 2.36. The van der Waals surface area contributed by atoms with Gasteiger partial charge in [-0.05, 0) is 24.7 Å². The van der Waals surface area contributed by atoms with Crippen molar-refractivity contribution in [1.82, 2.24) is 26.2 Å². The molecule has 7 N–H and O–H groups in total. The van der Waals surface area contributed by atoms with Crippen LogP contribution in [-0.4, -0.2) is 207 Å². The Morgan fingerprint density at radius 1 is 0.639 bits per heavy atom. The third-order valence-electron chi connectivity index (χ3n) is 8.10.